The van der Waals surface area contributed by atoms with Gasteiger partial charge in [-0.05, 0) is 30.7 Å². The van der Waals surface area contributed by atoms with Gasteiger partial charge in [-0.15, -0.1) is 0 Å². The molecule has 0 atom stereocenters. The molecule has 0 heterocycles. The van der Waals surface area contributed by atoms with E-state index in [-0.39, 0.29) is 12.4 Å². The quantitative estimate of drug-likeness (QED) is 0.810. The molecule has 18 heavy (non-hydrogen) atoms. The normalized spacial score (nSPS) is 11.3. The molecule has 0 unspecified atom stereocenters. The minimum absolute atomic E-state index is 0.0433. The molecule has 0 amide bonds. The molecule has 98 valence electrons. The molecule has 0 bridgehead atoms. The van der Waals surface area contributed by atoms with E-state index >= 15 is 0 Å². The number of carboxylic acids is 1. The van der Waals surface area contributed by atoms with Crippen LogP contribution in [-0.4, -0.2) is 35.6 Å². The lowest BCUT2D eigenvalue weighted by Gasteiger charge is -2.16. The monoisotopic (exact) mass is 251 g/mol. The number of benzene rings is 1. The van der Waals surface area contributed by atoms with Gasteiger partial charge in [0.2, 0.25) is 0 Å². The largest absolute Gasteiger partial charge is 0.480 e. The van der Waals surface area contributed by atoms with E-state index in [1.807, 2.05) is 24.0 Å². The van der Waals surface area contributed by atoms with Gasteiger partial charge in [0.1, 0.15) is 5.82 Å². The average molecular weight is 251 g/mol. The molecular weight excluding hydrogens is 233 g/mol. The van der Waals surface area contributed by atoms with Crippen molar-refractivity contribution in [2.24, 2.45) is 0 Å². The van der Waals surface area contributed by atoms with Gasteiger partial charge in [-0.2, -0.15) is 0 Å². The highest BCUT2D eigenvalue weighted by molar-refractivity contribution is 5.69. The number of aliphatic carboxylic acids is 1. The lowest BCUT2D eigenvalue weighted by molar-refractivity contribution is -0.138. The Balaban J connectivity index is 2.50. The van der Waals surface area contributed by atoms with Crippen LogP contribution in [0.3, 0.4) is 0 Å². The molecule has 0 fully saturated rings. The van der Waals surface area contributed by atoms with Crippen molar-refractivity contribution >= 4 is 12.0 Å². The highest BCUT2D eigenvalue weighted by Crippen LogP contribution is 2.05. The van der Waals surface area contributed by atoms with Gasteiger partial charge in [-0.3, -0.25) is 9.69 Å². The van der Waals surface area contributed by atoms with Crippen LogP contribution in [0.2, 0.25) is 0 Å². The Morgan fingerprint density at radius 2 is 2.06 bits per heavy atom. The Morgan fingerprint density at radius 3 is 2.61 bits per heavy atom. The third kappa shape index (κ3) is 5.59. The molecule has 4 heteroatoms. The predicted molar refractivity (Wildman–Crippen MR) is 69.8 cm³/mol. The van der Waals surface area contributed by atoms with Crippen molar-refractivity contribution in [1.29, 1.82) is 0 Å². The van der Waals surface area contributed by atoms with E-state index in [1.54, 1.807) is 12.1 Å². The zero-order valence-electron chi connectivity index (χ0n) is 10.5. The predicted octanol–water partition coefficient (Wildman–Crippen LogP) is 2.64. The van der Waals surface area contributed by atoms with Crippen molar-refractivity contribution in [2.45, 2.75) is 13.3 Å². The minimum Gasteiger partial charge on any atom is -0.480 e. The van der Waals surface area contributed by atoms with Crippen molar-refractivity contribution in [3.05, 3.63) is 41.7 Å². The fraction of sp³-hybridized carbons (Fsp3) is 0.357. The molecule has 0 aliphatic heterocycles. The highest BCUT2D eigenvalue weighted by atomic mass is 19.1. The fourth-order valence-electron chi connectivity index (χ4n) is 1.65. The maximum atomic E-state index is 12.7. The number of halogens is 1. The van der Waals surface area contributed by atoms with Crippen LogP contribution in [-0.2, 0) is 4.79 Å². The molecule has 0 aliphatic carbocycles. The van der Waals surface area contributed by atoms with E-state index in [0.717, 1.165) is 18.5 Å². The molecule has 1 N–H and O–H groups in total. The van der Waals surface area contributed by atoms with E-state index in [0.29, 0.717) is 6.54 Å². The van der Waals surface area contributed by atoms with Gasteiger partial charge in [-0.25, -0.2) is 4.39 Å². The number of nitrogens with zero attached hydrogens (tertiary/aromatic N) is 1. The molecule has 1 rings (SSSR count). The molecule has 0 aromatic heterocycles. The Hall–Kier alpha value is -1.68. The van der Waals surface area contributed by atoms with Crippen molar-refractivity contribution < 1.29 is 14.3 Å². The van der Waals surface area contributed by atoms with Crippen molar-refractivity contribution in [3.63, 3.8) is 0 Å². The van der Waals surface area contributed by atoms with E-state index < -0.39 is 5.97 Å². The van der Waals surface area contributed by atoms with Gasteiger partial charge in [0, 0.05) is 6.54 Å². The summed E-state index contributed by atoms with van der Waals surface area (Å²) in [4.78, 5) is 12.5. The zero-order valence-corrected chi connectivity index (χ0v) is 10.5. The molecule has 0 radical (unpaired) electrons. The molecule has 0 spiro atoms. The molecule has 0 saturated carbocycles. The van der Waals surface area contributed by atoms with Gasteiger partial charge in [0.05, 0.1) is 6.54 Å². The fourth-order valence-corrected chi connectivity index (χ4v) is 1.65. The Bertz CT molecular complexity index is 401. The van der Waals surface area contributed by atoms with Crippen LogP contribution in [0.1, 0.15) is 18.9 Å². The molecule has 1 aromatic carbocycles. The maximum absolute atomic E-state index is 12.7. The number of hydrogen-bond acceptors (Lipinski definition) is 2. The standard InChI is InChI=1S/C14H18FNO2/c1-2-9-16(11-14(17)18)10-3-4-12-5-7-13(15)8-6-12/h3-8H,2,9-11H2,1H3,(H,17,18)/b4-3+. The molecule has 1 aromatic rings. The van der Waals surface area contributed by atoms with Crippen LogP contribution < -0.4 is 0 Å². The number of carboxylic acid groups (broad SMARTS) is 1. The SMILES string of the molecule is CCCN(C/C=C/c1ccc(F)cc1)CC(=O)O. The van der Waals surface area contributed by atoms with Crippen LogP contribution in [0, 0.1) is 5.82 Å². The average Bonchev–Trinajstić information content (AvgIpc) is 2.31. The number of hydrogen-bond donors (Lipinski definition) is 1. The number of rotatable bonds is 7. The molecule has 0 saturated heterocycles. The van der Waals surface area contributed by atoms with Crippen LogP contribution in [0.15, 0.2) is 30.3 Å². The summed E-state index contributed by atoms with van der Waals surface area (Å²) in [6.45, 7) is 3.39. The van der Waals surface area contributed by atoms with Gasteiger partial charge >= 0.3 is 5.97 Å². The second-order valence-corrected chi connectivity index (χ2v) is 4.08. The van der Waals surface area contributed by atoms with Crippen LogP contribution in [0.5, 0.6) is 0 Å². The maximum Gasteiger partial charge on any atom is 0.317 e. The number of carbonyl (C=O) groups is 1. The summed E-state index contributed by atoms with van der Waals surface area (Å²) in [5.41, 5.74) is 0.906. The zero-order chi connectivity index (χ0) is 13.4. The van der Waals surface area contributed by atoms with Gasteiger partial charge in [-0.1, -0.05) is 31.2 Å². The summed E-state index contributed by atoms with van der Waals surface area (Å²) < 4.78 is 12.7. The topological polar surface area (TPSA) is 40.5 Å². The third-order valence-corrected chi connectivity index (χ3v) is 2.44. The van der Waals surface area contributed by atoms with Crippen LogP contribution in [0.4, 0.5) is 4.39 Å². The molecule has 0 aliphatic rings. The second kappa shape index (κ2) is 7.61. The van der Waals surface area contributed by atoms with E-state index in [2.05, 4.69) is 0 Å². The lowest BCUT2D eigenvalue weighted by Crippen LogP contribution is -2.30. The van der Waals surface area contributed by atoms with Gasteiger partial charge in [0.25, 0.3) is 0 Å². The van der Waals surface area contributed by atoms with Crippen molar-refractivity contribution in [3.8, 4) is 0 Å². The van der Waals surface area contributed by atoms with Gasteiger partial charge < -0.3 is 5.11 Å². The molecule has 3 nitrogen and oxygen atoms in total. The first-order valence-electron chi connectivity index (χ1n) is 5.98. The Morgan fingerprint density at radius 1 is 1.39 bits per heavy atom. The first-order chi connectivity index (χ1) is 8.61. The van der Waals surface area contributed by atoms with Crippen LogP contribution >= 0.6 is 0 Å². The summed E-state index contributed by atoms with van der Waals surface area (Å²) in [5, 5.41) is 8.75. The molecular formula is C14H18FNO2. The second-order valence-electron chi connectivity index (χ2n) is 4.08. The minimum atomic E-state index is -0.821. The first kappa shape index (κ1) is 14.4. The third-order valence-electron chi connectivity index (χ3n) is 2.44. The summed E-state index contributed by atoms with van der Waals surface area (Å²) in [5.74, 6) is -1.08. The van der Waals surface area contributed by atoms with Crippen LogP contribution in [0.25, 0.3) is 6.08 Å². The van der Waals surface area contributed by atoms with E-state index in [1.165, 1.54) is 12.1 Å². The Kier molecular flexibility index (Phi) is 6.08. The smallest absolute Gasteiger partial charge is 0.317 e. The van der Waals surface area contributed by atoms with Gasteiger partial charge in [0.15, 0.2) is 0 Å². The Labute approximate surface area is 107 Å². The van der Waals surface area contributed by atoms with E-state index in [4.69, 9.17) is 5.11 Å². The highest BCUT2D eigenvalue weighted by Gasteiger charge is 2.05. The summed E-state index contributed by atoms with van der Waals surface area (Å²) >= 11 is 0. The summed E-state index contributed by atoms with van der Waals surface area (Å²) in [7, 11) is 0. The van der Waals surface area contributed by atoms with E-state index in [9.17, 15) is 9.18 Å². The van der Waals surface area contributed by atoms with Crippen molar-refractivity contribution in [1.82, 2.24) is 4.90 Å². The lowest BCUT2D eigenvalue weighted by atomic mass is 10.2. The summed E-state index contributed by atoms with van der Waals surface area (Å²) in [6, 6.07) is 6.18. The van der Waals surface area contributed by atoms with Crippen molar-refractivity contribution in [2.75, 3.05) is 19.6 Å². The first-order valence-corrected chi connectivity index (χ1v) is 5.98. The summed E-state index contributed by atoms with van der Waals surface area (Å²) in [6.07, 6.45) is 4.67.